The number of nitrogens with one attached hydrogen (secondary N) is 1. The van der Waals surface area contributed by atoms with Crippen molar-refractivity contribution in [1.82, 2.24) is 4.57 Å². The second-order valence-corrected chi connectivity index (χ2v) is 8.03. The molecule has 172 valence electrons. The highest BCUT2D eigenvalue weighted by Gasteiger charge is 2.30. The van der Waals surface area contributed by atoms with E-state index in [2.05, 4.69) is 5.32 Å². The summed E-state index contributed by atoms with van der Waals surface area (Å²) in [6, 6.07) is 16.9. The quantitative estimate of drug-likeness (QED) is 0.497. The van der Waals surface area contributed by atoms with Crippen molar-refractivity contribution in [3.05, 3.63) is 78.2 Å². The van der Waals surface area contributed by atoms with Gasteiger partial charge in [-0.2, -0.15) is 0 Å². The number of aliphatic hydroxyl groups excluding tert-OH is 1. The molecule has 1 aliphatic heterocycles. The number of ether oxygens (including phenoxy) is 2. The Bertz CT molecular complexity index is 1150. The third-order valence-corrected chi connectivity index (χ3v) is 5.65. The highest BCUT2D eigenvalue weighted by Crippen LogP contribution is 2.36. The molecule has 1 aliphatic rings. The third-order valence-electron chi connectivity index (χ3n) is 5.65. The number of nitrogens with zero attached hydrogens (tertiary/aromatic N) is 1. The van der Waals surface area contributed by atoms with Gasteiger partial charge in [-0.15, -0.1) is 0 Å². The van der Waals surface area contributed by atoms with Crippen molar-refractivity contribution < 1.29 is 24.2 Å². The highest BCUT2D eigenvalue weighted by atomic mass is 16.7. The van der Waals surface area contributed by atoms with Crippen LogP contribution in [0.25, 0.3) is 10.9 Å². The van der Waals surface area contributed by atoms with E-state index in [-0.39, 0.29) is 30.1 Å². The summed E-state index contributed by atoms with van der Waals surface area (Å²) in [6.45, 7) is 2.05. The van der Waals surface area contributed by atoms with Gasteiger partial charge < -0.3 is 19.9 Å². The van der Waals surface area contributed by atoms with Crippen LogP contribution in [0.4, 0.5) is 5.69 Å². The van der Waals surface area contributed by atoms with Crippen molar-refractivity contribution in [2.45, 2.75) is 38.4 Å². The predicted molar refractivity (Wildman–Crippen MR) is 126 cm³/mol. The molecule has 2 atom stereocenters. The maximum Gasteiger partial charge on any atom is 0.290 e. The van der Waals surface area contributed by atoms with Gasteiger partial charge in [0.2, 0.25) is 12.2 Å². The van der Waals surface area contributed by atoms with Crippen LogP contribution in [0.2, 0.25) is 0 Å². The molecule has 0 bridgehead atoms. The summed E-state index contributed by atoms with van der Waals surface area (Å²) in [6.07, 6.45) is 4.87. The van der Waals surface area contributed by atoms with Gasteiger partial charge in [0.25, 0.3) is 5.91 Å². The molecule has 33 heavy (non-hydrogen) atoms. The van der Waals surface area contributed by atoms with Crippen LogP contribution in [0.3, 0.4) is 0 Å². The SMILES string of the molecule is CC(=O)n1cc([C@H]2C=C(C(=O)Nc3ccccc3)O[C@@H](OCCCCO)C2)c2ccccc21. The second-order valence-electron chi connectivity index (χ2n) is 8.03. The van der Waals surface area contributed by atoms with Crippen molar-refractivity contribution >= 4 is 28.4 Å². The molecule has 0 saturated carbocycles. The summed E-state index contributed by atoms with van der Waals surface area (Å²) in [4.78, 5) is 25.2. The lowest BCUT2D eigenvalue weighted by atomic mass is 9.92. The van der Waals surface area contributed by atoms with E-state index in [9.17, 15) is 9.59 Å². The van der Waals surface area contributed by atoms with Gasteiger partial charge in [-0.1, -0.05) is 36.4 Å². The van der Waals surface area contributed by atoms with E-state index in [1.54, 1.807) is 10.6 Å². The Morgan fingerprint density at radius 2 is 1.88 bits per heavy atom. The van der Waals surface area contributed by atoms with Crippen molar-refractivity contribution in [3.63, 3.8) is 0 Å². The number of rotatable bonds is 8. The average Bonchev–Trinajstić information content (AvgIpc) is 3.22. The van der Waals surface area contributed by atoms with Crippen molar-refractivity contribution in [1.29, 1.82) is 0 Å². The number of allylic oxidation sites excluding steroid dienone is 1. The van der Waals surface area contributed by atoms with Crippen LogP contribution in [0, 0.1) is 0 Å². The number of unbranched alkanes of at least 4 members (excludes halogenated alkanes) is 1. The van der Waals surface area contributed by atoms with Crippen LogP contribution < -0.4 is 5.32 Å². The first-order chi connectivity index (χ1) is 16.1. The van der Waals surface area contributed by atoms with Gasteiger partial charge >= 0.3 is 0 Å². The van der Waals surface area contributed by atoms with Gasteiger partial charge in [-0.05, 0) is 42.7 Å². The number of carbonyl (C=O) groups excluding carboxylic acids is 2. The number of hydrogen-bond donors (Lipinski definition) is 2. The van der Waals surface area contributed by atoms with Crippen LogP contribution in [0.1, 0.15) is 42.5 Å². The Kier molecular flexibility index (Phi) is 7.22. The predicted octanol–water partition coefficient (Wildman–Crippen LogP) is 4.44. The fourth-order valence-electron chi connectivity index (χ4n) is 4.04. The molecule has 7 heteroatoms. The number of fused-ring (bicyclic) bond motifs is 1. The monoisotopic (exact) mass is 448 g/mol. The molecule has 1 aromatic heterocycles. The number of para-hydroxylation sites is 2. The standard InChI is InChI=1S/C26H28N2O5/c1-18(30)28-17-22(21-11-5-6-12-23(21)28)19-15-24(26(31)27-20-9-3-2-4-10-20)33-25(16-19)32-14-8-7-13-29/h2-6,9-12,15,17,19,25,29H,7-8,13-14,16H2,1H3,(H,27,31)/t19-,25+/m0/s1. The summed E-state index contributed by atoms with van der Waals surface area (Å²) in [5.74, 6) is -0.428. The number of hydrogen-bond acceptors (Lipinski definition) is 5. The van der Waals surface area contributed by atoms with Crippen LogP contribution in [-0.4, -0.2) is 41.0 Å². The topological polar surface area (TPSA) is 89.8 Å². The van der Waals surface area contributed by atoms with Crippen LogP contribution in [0.5, 0.6) is 0 Å². The van der Waals surface area contributed by atoms with Crippen molar-refractivity contribution in [2.75, 3.05) is 18.5 Å². The summed E-state index contributed by atoms with van der Waals surface area (Å²) >= 11 is 0. The van der Waals surface area contributed by atoms with Crippen LogP contribution in [0.15, 0.2) is 72.6 Å². The van der Waals surface area contributed by atoms with E-state index in [1.807, 2.05) is 60.8 Å². The summed E-state index contributed by atoms with van der Waals surface area (Å²) in [5.41, 5.74) is 2.44. The smallest absolute Gasteiger partial charge is 0.290 e. The van der Waals surface area contributed by atoms with Gasteiger partial charge in [0.15, 0.2) is 5.76 Å². The maximum atomic E-state index is 13.0. The lowest BCUT2D eigenvalue weighted by Crippen LogP contribution is -2.29. The molecule has 0 radical (unpaired) electrons. The Balaban J connectivity index is 1.65. The fourth-order valence-corrected chi connectivity index (χ4v) is 4.04. The first-order valence-electron chi connectivity index (χ1n) is 11.1. The third kappa shape index (κ3) is 5.32. The molecule has 0 fully saturated rings. The van der Waals surface area contributed by atoms with Gasteiger partial charge in [0.1, 0.15) is 0 Å². The largest absolute Gasteiger partial charge is 0.459 e. The van der Waals surface area contributed by atoms with E-state index in [0.29, 0.717) is 31.6 Å². The van der Waals surface area contributed by atoms with Gasteiger partial charge in [-0.3, -0.25) is 14.2 Å². The number of aromatic nitrogens is 1. The zero-order chi connectivity index (χ0) is 23.2. The van der Waals surface area contributed by atoms with E-state index >= 15 is 0 Å². The van der Waals surface area contributed by atoms with E-state index < -0.39 is 6.29 Å². The highest BCUT2D eigenvalue weighted by molar-refractivity contribution is 6.02. The minimum Gasteiger partial charge on any atom is -0.459 e. The maximum absolute atomic E-state index is 13.0. The molecule has 0 spiro atoms. The summed E-state index contributed by atoms with van der Waals surface area (Å²) in [5, 5.41) is 12.8. The molecular weight excluding hydrogens is 420 g/mol. The summed E-state index contributed by atoms with van der Waals surface area (Å²) in [7, 11) is 0. The molecule has 7 nitrogen and oxygen atoms in total. The van der Waals surface area contributed by atoms with E-state index in [1.165, 1.54) is 6.92 Å². The van der Waals surface area contributed by atoms with Crippen LogP contribution >= 0.6 is 0 Å². The average molecular weight is 449 g/mol. The first-order valence-corrected chi connectivity index (χ1v) is 11.1. The minimum absolute atomic E-state index is 0.0765. The Labute approximate surface area is 192 Å². The van der Waals surface area contributed by atoms with Gasteiger partial charge in [-0.25, -0.2) is 0 Å². The molecule has 0 saturated heterocycles. The number of aliphatic hydroxyl groups is 1. The Morgan fingerprint density at radius 1 is 1.12 bits per heavy atom. The Morgan fingerprint density at radius 3 is 2.64 bits per heavy atom. The Hall–Kier alpha value is -3.42. The molecule has 2 N–H and O–H groups in total. The number of anilines is 1. The molecule has 4 rings (SSSR count). The first kappa shape index (κ1) is 22.8. The molecular formula is C26H28N2O5. The zero-order valence-electron chi connectivity index (χ0n) is 18.6. The van der Waals surface area contributed by atoms with Crippen LogP contribution in [-0.2, 0) is 14.3 Å². The zero-order valence-corrected chi connectivity index (χ0v) is 18.6. The lowest BCUT2D eigenvalue weighted by molar-refractivity contribution is -0.143. The van der Waals surface area contributed by atoms with Gasteiger partial charge in [0, 0.05) is 43.1 Å². The molecule has 2 aromatic carbocycles. The number of benzene rings is 2. The van der Waals surface area contributed by atoms with E-state index in [4.69, 9.17) is 14.6 Å². The number of amides is 1. The van der Waals surface area contributed by atoms with Crippen molar-refractivity contribution in [2.24, 2.45) is 0 Å². The molecule has 0 aliphatic carbocycles. The molecule has 0 unspecified atom stereocenters. The normalized spacial score (nSPS) is 17.9. The number of carbonyl (C=O) groups is 2. The molecule has 2 heterocycles. The molecule has 3 aromatic rings. The molecule has 1 amide bonds. The minimum atomic E-state index is -0.616. The van der Waals surface area contributed by atoms with E-state index in [0.717, 1.165) is 16.5 Å². The lowest BCUT2D eigenvalue weighted by Gasteiger charge is -2.29. The summed E-state index contributed by atoms with van der Waals surface area (Å²) < 4.78 is 13.4. The second kappa shape index (κ2) is 10.5. The fraction of sp³-hybridized carbons (Fsp3) is 0.308. The van der Waals surface area contributed by atoms with Gasteiger partial charge in [0.05, 0.1) is 12.1 Å². The van der Waals surface area contributed by atoms with Crippen molar-refractivity contribution in [3.8, 4) is 0 Å².